The summed E-state index contributed by atoms with van der Waals surface area (Å²) in [6.07, 6.45) is 6.45. The highest BCUT2D eigenvalue weighted by Crippen LogP contribution is 2.08. The molecule has 0 unspecified atom stereocenters. The fraction of sp³-hybridized carbons (Fsp3) is 0.364. The molecule has 2 aromatic heterocycles. The van der Waals surface area contributed by atoms with Crippen molar-refractivity contribution < 1.29 is 0 Å². The Balaban J connectivity index is 2.26. The van der Waals surface area contributed by atoms with Gasteiger partial charge in [0.1, 0.15) is 11.6 Å². The second-order valence-electron chi connectivity index (χ2n) is 3.51. The molecule has 5 nitrogen and oxygen atoms in total. The summed E-state index contributed by atoms with van der Waals surface area (Å²) in [5.74, 6) is 2.41. The van der Waals surface area contributed by atoms with Crippen molar-refractivity contribution in [2.24, 2.45) is 0 Å². The van der Waals surface area contributed by atoms with E-state index in [9.17, 15) is 0 Å². The smallest absolute Gasteiger partial charge is 0.224 e. The number of aromatic nitrogens is 4. The molecular weight excluding hydrogens is 202 g/mol. The molecule has 0 atom stereocenters. The first kappa shape index (κ1) is 10.6. The molecule has 0 saturated carbocycles. The second kappa shape index (κ2) is 4.74. The number of rotatable bonds is 4. The van der Waals surface area contributed by atoms with E-state index in [1.54, 1.807) is 12.4 Å². The largest absolute Gasteiger partial charge is 0.354 e. The van der Waals surface area contributed by atoms with Crippen LogP contribution in [-0.2, 0) is 0 Å². The van der Waals surface area contributed by atoms with Gasteiger partial charge >= 0.3 is 0 Å². The number of hydrogen-bond acceptors (Lipinski definition) is 4. The molecule has 0 saturated heterocycles. The fourth-order valence-corrected chi connectivity index (χ4v) is 1.43. The summed E-state index contributed by atoms with van der Waals surface area (Å²) >= 11 is 0. The van der Waals surface area contributed by atoms with Crippen molar-refractivity contribution in [1.82, 2.24) is 19.5 Å². The molecule has 1 N–H and O–H groups in total. The minimum Gasteiger partial charge on any atom is -0.354 e. The lowest BCUT2D eigenvalue weighted by Gasteiger charge is -2.06. The fourth-order valence-electron chi connectivity index (χ4n) is 1.43. The Morgan fingerprint density at radius 2 is 2.19 bits per heavy atom. The minimum absolute atomic E-state index is 0.660. The summed E-state index contributed by atoms with van der Waals surface area (Å²) < 4.78 is 1.93. The third kappa shape index (κ3) is 2.18. The average molecular weight is 217 g/mol. The molecule has 0 amide bonds. The molecule has 0 bridgehead atoms. The molecule has 0 aliphatic carbocycles. The highest BCUT2D eigenvalue weighted by Gasteiger charge is 2.03. The molecule has 2 aromatic rings. The molecule has 2 rings (SSSR count). The predicted molar refractivity (Wildman–Crippen MR) is 62.7 cm³/mol. The number of nitrogens with zero attached hydrogens (tertiary/aromatic N) is 4. The monoisotopic (exact) mass is 217 g/mol. The van der Waals surface area contributed by atoms with Crippen molar-refractivity contribution in [2.45, 2.75) is 20.3 Å². The highest BCUT2D eigenvalue weighted by molar-refractivity contribution is 5.32. The van der Waals surface area contributed by atoms with Crippen molar-refractivity contribution in [2.75, 3.05) is 11.9 Å². The predicted octanol–water partition coefficient (Wildman–Crippen LogP) is 1.79. The zero-order chi connectivity index (χ0) is 11.4. The molecule has 0 aliphatic rings. The number of aryl methyl sites for hydroxylation is 1. The lowest BCUT2D eigenvalue weighted by Crippen LogP contribution is -2.07. The van der Waals surface area contributed by atoms with Crippen LogP contribution >= 0.6 is 0 Å². The molecule has 16 heavy (non-hydrogen) atoms. The van der Waals surface area contributed by atoms with Crippen molar-refractivity contribution in [3.05, 3.63) is 30.5 Å². The molecule has 0 spiro atoms. The van der Waals surface area contributed by atoms with E-state index in [0.29, 0.717) is 5.95 Å². The van der Waals surface area contributed by atoms with Gasteiger partial charge in [-0.05, 0) is 19.4 Å². The van der Waals surface area contributed by atoms with Crippen molar-refractivity contribution in [3.8, 4) is 5.82 Å². The summed E-state index contributed by atoms with van der Waals surface area (Å²) in [5, 5.41) is 3.16. The lowest BCUT2D eigenvalue weighted by atomic mass is 10.5. The van der Waals surface area contributed by atoms with E-state index < -0.39 is 0 Å². The van der Waals surface area contributed by atoms with Crippen molar-refractivity contribution >= 4 is 5.95 Å². The van der Waals surface area contributed by atoms with Gasteiger partial charge in [-0.25, -0.2) is 9.97 Å². The second-order valence-corrected chi connectivity index (χ2v) is 3.51. The van der Waals surface area contributed by atoms with Crippen molar-refractivity contribution in [3.63, 3.8) is 0 Å². The molecule has 0 radical (unpaired) electrons. The van der Waals surface area contributed by atoms with Crippen LogP contribution in [0, 0.1) is 6.92 Å². The van der Waals surface area contributed by atoms with Gasteiger partial charge < -0.3 is 5.32 Å². The van der Waals surface area contributed by atoms with Crippen LogP contribution in [-0.4, -0.2) is 26.1 Å². The van der Waals surface area contributed by atoms with Crippen molar-refractivity contribution in [1.29, 1.82) is 0 Å². The van der Waals surface area contributed by atoms with Gasteiger partial charge in [0, 0.05) is 25.1 Å². The van der Waals surface area contributed by atoms with E-state index in [4.69, 9.17) is 0 Å². The van der Waals surface area contributed by atoms with Crippen LogP contribution in [0.5, 0.6) is 0 Å². The Kier molecular flexibility index (Phi) is 3.14. The van der Waals surface area contributed by atoms with Gasteiger partial charge in [0.25, 0.3) is 0 Å². The van der Waals surface area contributed by atoms with Crippen LogP contribution in [0.3, 0.4) is 0 Å². The Morgan fingerprint density at radius 3 is 2.88 bits per heavy atom. The molecule has 2 heterocycles. The quantitative estimate of drug-likeness (QED) is 0.848. The number of hydrogen-bond donors (Lipinski definition) is 1. The van der Waals surface area contributed by atoms with Gasteiger partial charge in [-0.1, -0.05) is 6.92 Å². The third-order valence-electron chi connectivity index (χ3n) is 2.25. The first-order chi connectivity index (χ1) is 7.81. The topological polar surface area (TPSA) is 55.6 Å². The van der Waals surface area contributed by atoms with Gasteiger partial charge in [-0.2, -0.15) is 4.98 Å². The Bertz CT molecular complexity index is 463. The summed E-state index contributed by atoms with van der Waals surface area (Å²) in [4.78, 5) is 12.7. The summed E-state index contributed by atoms with van der Waals surface area (Å²) in [7, 11) is 0. The van der Waals surface area contributed by atoms with Crippen LogP contribution in [0.4, 0.5) is 5.95 Å². The van der Waals surface area contributed by atoms with Gasteiger partial charge in [0.05, 0.1) is 0 Å². The normalized spacial score (nSPS) is 10.4. The van der Waals surface area contributed by atoms with E-state index >= 15 is 0 Å². The third-order valence-corrected chi connectivity index (χ3v) is 2.25. The maximum absolute atomic E-state index is 4.41. The van der Waals surface area contributed by atoms with Gasteiger partial charge in [-0.15, -0.1) is 0 Å². The SMILES string of the molecule is CCCNc1nccc(-n2ccnc2C)n1. The van der Waals surface area contributed by atoms with E-state index in [1.165, 1.54) is 0 Å². The van der Waals surface area contributed by atoms with Gasteiger partial charge in [0.2, 0.25) is 5.95 Å². The summed E-state index contributed by atoms with van der Waals surface area (Å²) in [6.45, 7) is 4.94. The van der Waals surface area contributed by atoms with Crippen LogP contribution < -0.4 is 5.32 Å². The highest BCUT2D eigenvalue weighted by atomic mass is 15.2. The molecular formula is C11H15N5. The standard InChI is InChI=1S/C11H15N5/c1-3-5-13-11-14-6-4-10(15-11)16-8-7-12-9(16)2/h4,6-8H,3,5H2,1-2H3,(H,13,14,15). The zero-order valence-corrected chi connectivity index (χ0v) is 9.51. The van der Waals surface area contributed by atoms with Gasteiger partial charge in [-0.3, -0.25) is 4.57 Å². The number of imidazole rings is 1. The van der Waals surface area contributed by atoms with Crippen LogP contribution in [0.25, 0.3) is 5.82 Å². The molecule has 0 fully saturated rings. The first-order valence-electron chi connectivity index (χ1n) is 5.38. The summed E-state index contributed by atoms with van der Waals surface area (Å²) in [5.41, 5.74) is 0. The Labute approximate surface area is 94.6 Å². The minimum atomic E-state index is 0.660. The first-order valence-corrected chi connectivity index (χ1v) is 5.38. The van der Waals surface area contributed by atoms with Crippen LogP contribution in [0.2, 0.25) is 0 Å². The van der Waals surface area contributed by atoms with Crippen LogP contribution in [0.1, 0.15) is 19.2 Å². The maximum atomic E-state index is 4.41. The van der Waals surface area contributed by atoms with Crippen LogP contribution in [0.15, 0.2) is 24.7 Å². The lowest BCUT2D eigenvalue weighted by molar-refractivity contribution is 0.903. The van der Waals surface area contributed by atoms with E-state index in [0.717, 1.165) is 24.6 Å². The average Bonchev–Trinajstić information content (AvgIpc) is 2.73. The van der Waals surface area contributed by atoms with E-state index in [-0.39, 0.29) is 0 Å². The van der Waals surface area contributed by atoms with E-state index in [1.807, 2.05) is 23.8 Å². The molecule has 0 aromatic carbocycles. The molecule has 5 heteroatoms. The number of anilines is 1. The molecule has 84 valence electrons. The van der Waals surface area contributed by atoms with E-state index in [2.05, 4.69) is 27.2 Å². The molecule has 0 aliphatic heterocycles. The Morgan fingerprint density at radius 1 is 1.31 bits per heavy atom. The number of nitrogens with one attached hydrogen (secondary N) is 1. The summed E-state index contributed by atoms with van der Waals surface area (Å²) in [6, 6.07) is 1.87. The zero-order valence-electron chi connectivity index (χ0n) is 9.51. The van der Waals surface area contributed by atoms with Gasteiger partial charge in [0.15, 0.2) is 0 Å². The Hall–Kier alpha value is -1.91. The maximum Gasteiger partial charge on any atom is 0.224 e.